The highest BCUT2D eigenvalue weighted by molar-refractivity contribution is 6.01. The highest BCUT2D eigenvalue weighted by atomic mass is 16.6. The molecule has 14 heteroatoms. The maximum atomic E-state index is 12.6. The van der Waals surface area contributed by atoms with E-state index in [2.05, 4.69) is 15.3 Å². The van der Waals surface area contributed by atoms with Crippen LogP contribution < -0.4 is 14.8 Å². The number of nitrogens with one attached hydrogen (secondary N) is 1. The van der Waals surface area contributed by atoms with Gasteiger partial charge in [0.1, 0.15) is 6.10 Å². The van der Waals surface area contributed by atoms with Gasteiger partial charge in [-0.05, 0) is 35.4 Å². The molecule has 0 radical (unpaired) electrons. The van der Waals surface area contributed by atoms with Crippen LogP contribution in [0.5, 0.6) is 17.2 Å². The molecule has 1 heterocycles. The molecule has 0 saturated heterocycles. The summed E-state index contributed by atoms with van der Waals surface area (Å²) >= 11 is 0. The number of amides is 1. The second-order valence-corrected chi connectivity index (χ2v) is 9.12. The molecule has 1 aliphatic rings. The van der Waals surface area contributed by atoms with Gasteiger partial charge in [0.15, 0.2) is 17.3 Å². The van der Waals surface area contributed by atoms with E-state index >= 15 is 0 Å². The van der Waals surface area contributed by atoms with Crippen LogP contribution in [0.15, 0.2) is 41.5 Å². The Labute approximate surface area is 249 Å². The summed E-state index contributed by atoms with van der Waals surface area (Å²) in [6.07, 6.45) is -0.432. The maximum absolute atomic E-state index is 12.6. The average Bonchev–Trinajstić information content (AvgIpc) is 3.02. The molecule has 0 aliphatic carbocycles. The first-order chi connectivity index (χ1) is 21.0. The van der Waals surface area contributed by atoms with Crippen LogP contribution in [0.2, 0.25) is 0 Å². The van der Waals surface area contributed by atoms with Crippen molar-refractivity contribution in [1.29, 1.82) is 0 Å². The molecule has 234 valence electrons. The molecule has 1 aliphatic heterocycles. The lowest BCUT2D eigenvalue weighted by atomic mass is 9.95. The van der Waals surface area contributed by atoms with E-state index in [4.69, 9.17) is 38.7 Å². The SMILES string of the molecule is COc1c(O)ccc2c1OC(c1ccc(C(=O)NCCOCCOCCOCCOCCOCCN=[N+]=[N-])cc1)CC2=O. The monoisotopic (exact) mass is 602 g/mol. The summed E-state index contributed by atoms with van der Waals surface area (Å²) in [6.45, 7) is 4.79. The molecule has 3 rings (SSSR count). The van der Waals surface area contributed by atoms with Crippen LogP contribution in [0.4, 0.5) is 0 Å². The summed E-state index contributed by atoms with van der Waals surface area (Å²) in [6, 6.07) is 9.74. The number of rotatable bonds is 21. The third kappa shape index (κ3) is 11.4. The van der Waals surface area contributed by atoms with Crippen LogP contribution in [-0.2, 0) is 23.7 Å². The Morgan fingerprint density at radius 3 is 2.09 bits per heavy atom. The number of carbonyl (C=O) groups is 2. The maximum Gasteiger partial charge on any atom is 0.251 e. The van der Waals surface area contributed by atoms with Gasteiger partial charge in [0, 0.05) is 23.6 Å². The number of methoxy groups -OCH3 is 1. The molecule has 2 N–H and O–H groups in total. The van der Waals surface area contributed by atoms with Gasteiger partial charge in [0.2, 0.25) is 5.75 Å². The number of carbonyl (C=O) groups excluding carboxylic acids is 2. The molecule has 1 atom stereocenters. The fourth-order valence-electron chi connectivity index (χ4n) is 4.05. The Kier molecular flexibility index (Phi) is 15.1. The fourth-order valence-corrected chi connectivity index (χ4v) is 4.05. The van der Waals surface area contributed by atoms with Crippen molar-refractivity contribution in [3.8, 4) is 17.2 Å². The van der Waals surface area contributed by atoms with Crippen molar-refractivity contribution in [1.82, 2.24) is 5.32 Å². The molecule has 43 heavy (non-hydrogen) atoms. The molecule has 0 spiro atoms. The highest BCUT2D eigenvalue weighted by Gasteiger charge is 2.31. The van der Waals surface area contributed by atoms with Crippen LogP contribution in [0.1, 0.15) is 38.8 Å². The molecule has 0 saturated carbocycles. The van der Waals surface area contributed by atoms with Gasteiger partial charge in [-0.3, -0.25) is 9.59 Å². The Hall–Kier alpha value is -3.91. The summed E-state index contributed by atoms with van der Waals surface area (Å²) in [5.74, 6) is -0.144. The summed E-state index contributed by atoms with van der Waals surface area (Å²) in [5.41, 5.74) is 9.70. The Morgan fingerprint density at radius 1 is 0.930 bits per heavy atom. The normalized spacial score (nSPS) is 14.0. The smallest absolute Gasteiger partial charge is 0.251 e. The number of Topliss-reactive ketones (excluding diaryl/α,β-unsaturated/α-hetero) is 1. The first-order valence-electron chi connectivity index (χ1n) is 13.9. The predicted octanol–water partition coefficient (Wildman–Crippen LogP) is 3.23. The van der Waals surface area contributed by atoms with E-state index in [9.17, 15) is 14.7 Å². The van der Waals surface area contributed by atoms with Gasteiger partial charge in [-0.2, -0.15) is 0 Å². The van der Waals surface area contributed by atoms with Crippen molar-refractivity contribution in [3.63, 3.8) is 0 Å². The average molecular weight is 603 g/mol. The number of ether oxygens (including phenoxy) is 7. The lowest BCUT2D eigenvalue weighted by Gasteiger charge is -2.27. The molecule has 1 amide bonds. The molecule has 14 nitrogen and oxygen atoms in total. The van der Waals surface area contributed by atoms with E-state index in [-0.39, 0.29) is 35.4 Å². The number of benzene rings is 2. The Balaban J connectivity index is 1.21. The molecule has 0 aromatic heterocycles. The number of fused-ring (bicyclic) bond motifs is 1. The Bertz CT molecular complexity index is 1200. The number of azide groups is 1. The minimum absolute atomic E-state index is 0.109. The second kappa shape index (κ2) is 19.3. The predicted molar refractivity (Wildman–Crippen MR) is 154 cm³/mol. The largest absolute Gasteiger partial charge is 0.504 e. The first kappa shape index (κ1) is 33.6. The number of nitrogens with zero attached hydrogens (tertiary/aromatic N) is 3. The van der Waals surface area contributed by atoms with Gasteiger partial charge in [-0.1, -0.05) is 17.2 Å². The van der Waals surface area contributed by atoms with Gasteiger partial charge in [0.25, 0.3) is 5.91 Å². The molecule has 2 aromatic rings. The number of phenols is 1. The zero-order chi connectivity index (χ0) is 30.7. The van der Waals surface area contributed by atoms with E-state index in [1.165, 1.54) is 19.2 Å². The molecule has 0 fully saturated rings. The van der Waals surface area contributed by atoms with Gasteiger partial charge >= 0.3 is 0 Å². The summed E-state index contributed by atoms with van der Waals surface area (Å²) in [5, 5.41) is 16.2. The van der Waals surface area contributed by atoms with Crippen LogP contribution in [0, 0.1) is 0 Å². The van der Waals surface area contributed by atoms with Crippen molar-refractivity contribution < 1.29 is 47.9 Å². The van der Waals surface area contributed by atoms with E-state index in [1.807, 2.05) is 0 Å². The molecular weight excluding hydrogens is 564 g/mol. The minimum Gasteiger partial charge on any atom is -0.504 e. The zero-order valence-electron chi connectivity index (χ0n) is 24.2. The highest BCUT2D eigenvalue weighted by Crippen LogP contribution is 2.45. The van der Waals surface area contributed by atoms with Crippen LogP contribution in [0.3, 0.4) is 0 Å². The minimum atomic E-state index is -0.566. The number of hydrogen-bond acceptors (Lipinski definition) is 11. The number of phenolic OH excluding ortho intramolecular Hbond substituents is 1. The van der Waals surface area contributed by atoms with Crippen molar-refractivity contribution in [3.05, 3.63) is 63.5 Å². The van der Waals surface area contributed by atoms with Crippen molar-refractivity contribution in [2.45, 2.75) is 12.5 Å². The first-order valence-corrected chi connectivity index (χ1v) is 13.9. The lowest BCUT2D eigenvalue weighted by Crippen LogP contribution is -2.27. The van der Waals surface area contributed by atoms with E-state index in [0.29, 0.717) is 90.3 Å². The standard InChI is InChI=1S/C29H38N4O10/c1-37-28-24(34)7-6-23-25(35)20-26(43-27(23)28)21-2-4-22(5-3-21)29(36)31-8-10-38-12-14-40-16-18-42-19-17-41-15-13-39-11-9-32-33-30/h2-7,26,34H,8-20H2,1H3,(H,31,36). The van der Waals surface area contributed by atoms with E-state index < -0.39 is 6.10 Å². The summed E-state index contributed by atoms with van der Waals surface area (Å²) < 4.78 is 38.1. The van der Waals surface area contributed by atoms with Crippen molar-refractivity contribution in [2.24, 2.45) is 5.11 Å². The molecule has 1 unspecified atom stereocenters. The zero-order valence-corrected chi connectivity index (χ0v) is 24.2. The van der Waals surface area contributed by atoms with Gasteiger partial charge in [-0.15, -0.1) is 0 Å². The quantitative estimate of drug-likeness (QED) is 0.0932. The Morgan fingerprint density at radius 2 is 1.51 bits per heavy atom. The third-order valence-electron chi connectivity index (χ3n) is 6.19. The lowest BCUT2D eigenvalue weighted by molar-refractivity contribution is -0.0102. The second-order valence-electron chi connectivity index (χ2n) is 9.12. The number of ketones is 1. The van der Waals surface area contributed by atoms with Crippen LogP contribution in [-0.4, -0.2) is 103 Å². The molecular formula is C29H38N4O10. The van der Waals surface area contributed by atoms with Crippen LogP contribution >= 0.6 is 0 Å². The summed E-state index contributed by atoms with van der Waals surface area (Å²) in [7, 11) is 1.40. The third-order valence-corrected chi connectivity index (χ3v) is 6.19. The van der Waals surface area contributed by atoms with Crippen LogP contribution in [0.25, 0.3) is 10.4 Å². The summed E-state index contributed by atoms with van der Waals surface area (Å²) in [4.78, 5) is 27.8. The topological polar surface area (TPSA) is 180 Å². The van der Waals surface area contributed by atoms with Gasteiger partial charge in [-0.25, -0.2) is 0 Å². The van der Waals surface area contributed by atoms with Gasteiger partial charge < -0.3 is 43.6 Å². The van der Waals surface area contributed by atoms with E-state index in [1.54, 1.807) is 24.3 Å². The van der Waals surface area contributed by atoms with E-state index in [0.717, 1.165) is 5.56 Å². The van der Waals surface area contributed by atoms with Gasteiger partial charge in [0.05, 0.1) is 85.2 Å². The number of aromatic hydroxyl groups is 1. The van der Waals surface area contributed by atoms with Crippen molar-refractivity contribution >= 4 is 11.7 Å². The molecule has 0 bridgehead atoms. The fraction of sp³-hybridized carbons (Fsp3) is 0.517. The van der Waals surface area contributed by atoms with Crippen molar-refractivity contribution in [2.75, 3.05) is 86.3 Å². The molecule has 2 aromatic carbocycles. The number of hydrogen-bond donors (Lipinski definition) is 2.